The molecule has 0 spiro atoms. The molecule has 26 heavy (non-hydrogen) atoms. The molecule has 1 saturated heterocycles. The van der Waals surface area contributed by atoms with Crippen LogP contribution in [0.5, 0.6) is 5.75 Å². The number of hydrogen-bond donors (Lipinski definition) is 0. The summed E-state index contributed by atoms with van der Waals surface area (Å²) in [6, 6.07) is 9.33. The minimum atomic E-state index is -0.394. The first-order chi connectivity index (χ1) is 12.7. The number of likely N-dealkylation sites (tertiary alicyclic amines) is 1. The summed E-state index contributed by atoms with van der Waals surface area (Å²) in [7, 11) is 0. The second-order valence-corrected chi connectivity index (χ2v) is 6.58. The number of piperidine rings is 1. The maximum absolute atomic E-state index is 13.0. The Morgan fingerprint density at radius 2 is 2.00 bits per heavy atom. The fourth-order valence-electron chi connectivity index (χ4n) is 3.35. The summed E-state index contributed by atoms with van der Waals surface area (Å²) in [5, 5.41) is 2.13. The van der Waals surface area contributed by atoms with Gasteiger partial charge < -0.3 is 4.74 Å². The second kappa shape index (κ2) is 7.25. The van der Waals surface area contributed by atoms with E-state index in [0.29, 0.717) is 0 Å². The van der Waals surface area contributed by atoms with Crippen LogP contribution >= 0.6 is 0 Å². The monoisotopic (exact) mass is 353 g/mol. The van der Waals surface area contributed by atoms with E-state index in [2.05, 4.69) is 9.88 Å². The lowest BCUT2D eigenvalue weighted by atomic mass is 10.1. The van der Waals surface area contributed by atoms with Gasteiger partial charge in [-0.3, -0.25) is 19.2 Å². The summed E-state index contributed by atoms with van der Waals surface area (Å²) in [4.78, 5) is 18.5. The molecule has 134 valence electrons. The minimum absolute atomic E-state index is 0.109. The van der Waals surface area contributed by atoms with E-state index < -0.39 is 5.82 Å². The molecule has 0 N–H and O–H groups in total. The van der Waals surface area contributed by atoms with Crippen LogP contribution in [-0.2, 0) is 0 Å². The van der Waals surface area contributed by atoms with Crippen LogP contribution in [0.1, 0.15) is 17.6 Å². The molecule has 5 nitrogen and oxygen atoms in total. The Hall–Kier alpha value is -2.73. The number of hydrogen-bond acceptors (Lipinski definition) is 4. The van der Waals surface area contributed by atoms with Gasteiger partial charge in [0, 0.05) is 42.5 Å². The number of fused-ring (bicyclic) bond motifs is 1. The fourth-order valence-corrected chi connectivity index (χ4v) is 3.35. The molecule has 0 atom stereocenters. The molecule has 0 saturated carbocycles. The molecule has 0 unspecified atom stereocenters. The third-order valence-corrected chi connectivity index (χ3v) is 4.76. The molecule has 0 aliphatic carbocycles. The summed E-state index contributed by atoms with van der Waals surface area (Å²) >= 11 is 0. The average molecular weight is 353 g/mol. The highest BCUT2D eigenvalue weighted by Gasteiger charge is 2.23. The topological polar surface area (TPSA) is 47.4 Å². The number of nitrogens with zero attached hydrogens (tertiary/aromatic N) is 3. The molecule has 0 amide bonds. The van der Waals surface area contributed by atoms with Crippen molar-refractivity contribution < 1.29 is 13.9 Å². The molecule has 1 fully saturated rings. The maximum Gasteiger partial charge on any atom is 0.244 e. The Kier molecular flexibility index (Phi) is 4.67. The molecule has 0 radical (unpaired) electrons. The van der Waals surface area contributed by atoms with Gasteiger partial charge in [0.05, 0.1) is 12.7 Å². The van der Waals surface area contributed by atoms with E-state index in [1.54, 1.807) is 6.20 Å². The van der Waals surface area contributed by atoms with Gasteiger partial charge in [-0.25, -0.2) is 4.39 Å². The van der Waals surface area contributed by atoms with Crippen LogP contribution in [0.25, 0.3) is 10.8 Å². The van der Waals surface area contributed by atoms with Crippen LogP contribution in [0.3, 0.4) is 0 Å². The Morgan fingerprint density at radius 3 is 2.77 bits per heavy atom. The molecular formula is C20H20FN3O2. The SMILES string of the molecule is O=C(CN1CCC(Oc2cncc3ccccc23)CC1)n1ccc(F)c1. The number of benzene rings is 1. The van der Waals surface area contributed by atoms with Crippen molar-refractivity contribution >= 4 is 16.7 Å². The van der Waals surface area contributed by atoms with Gasteiger partial charge in [0.15, 0.2) is 0 Å². The highest BCUT2D eigenvalue weighted by molar-refractivity contribution is 5.87. The highest BCUT2D eigenvalue weighted by Crippen LogP contribution is 2.26. The Balaban J connectivity index is 1.34. The van der Waals surface area contributed by atoms with Crippen molar-refractivity contribution in [3.05, 3.63) is 60.9 Å². The van der Waals surface area contributed by atoms with Crippen LogP contribution in [0.2, 0.25) is 0 Å². The summed E-state index contributed by atoms with van der Waals surface area (Å²) in [5.41, 5.74) is 0. The number of aromatic nitrogens is 2. The number of pyridine rings is 1. The molecule has 1 aliphatic heterocycles. The quantitative estimate of drug-likeness (QED) is 0.722. The van der Waals surface area contributed by atoms with Crippen LogP contribution in [0.15, 0.2) is 55.1 Å². The summed E-state index contributed by atoms with van der Waals surface area (Å²) in [5.74, 6) is 0.293. The van der Waals surface area contributed by atoms with Crippen molar-refractivity contribution in [2.24, 2.45) is 0 Å². The molecule has 2 aromatic heterocycles. The zero-order valence-electron chi connectivity index (χ0n) is 14.3. The van der Waals surface area contributed by atoms with E-state index in [1.165, 1.54) is 23.0 Å². The summed E-state index contributed by atoms with van der Waals surface area (Å²) in [6.45, 7) is 1.84. The number of rotatable bonds is 4. The van der Waals surface area contributed by atoms with Gasteiger partial charge in [-0.1, -0.05) is 24.3 Å². The Labute approximate surface area is 151 Å². The average Bonchev–Trinajstić information content (AvgIpc) is 3.10. The molecule has 4 rings (SSSR count). The van der Waals surface area contributed by atoms with Gasteiger partial charge in [-0.2, -0.15) is 0 Å². The van der Waals surface area contributed by atoms with Gasteiger partial charge in [0.2, 0.25) is 5.91 Å². The Bertz CT molecular complexity index is 911. The number of carbonyl (C=O) groups is 1. The number of ether oxygens (including phenoxy) is 1. The second-order valence-electron chi connectivity index (χ2n) is 6.58. The van der Waals surface area contributed by atoms with E-state index in [0.717, 1.165) is 42.5 Å². The first kappa shape index (κ1) is 16.7. The van der Waals surface area contributed by atoms with E-state index in [9.17, 15) is 9.18 Å². The summed E-state index contributed by atoms with van der Waals surface area (Å²) < 4.78 is 20.5. The lowest BCUT2D eigenvalue weighted by Gasteiger charge is -2.31. The standard InChI is InChI=1S/C20H20FN3O2/c21-16-5-10-24(13-16)20(25)14-23-8-6-17(7-9-23)26-19-12-22-11-15-3-1-2-4-18(15)19/h1-5,10-13,17H,6-9,14H2. The highest BCUT2D eigenvalue weighted by atomic mass is 19.1. The van der Waals surface area contributed by atoms with Crippen molar-refractivity contribution in [2.75, 3.05) is 19.6 Å². The van der Waals surface area contributed by atoms with Crippen molar-refractivity contribution in [1.82, 2.24) is 14.5 Å². The minimum Gasteiger partial charge on any atom is -0.488 e. The van der Waals surface area contributed by atoms with E-state index >= 15 is 0 Å². The van der Waals surface area contributed by atoms with Gasteiger partial charge in [0.25, 0.3) is 0 Å². The normalized spacial score (nSPS) is 16.0. The largest absolute Gasteiger partial charge is 0.488 e. The van der Waals surface area contributed by atoms with Crippen molar-refractivity contribution in [3.8, 4) is 5.75 Å². The van der Waals surface area contributed by atoms with Crippen LogP contribution in [0.4, 0.5) is 4.39 Å². The molecule has 3 aromatic rings. The number of halogens is 1. The van der Waals surface area contributed by atoms with Crippen LogP contribution in [-0.4, -0.2) is 46.1 Å². The third-order valence-electron chi connectivity index (χ3n) is 4.76. The first-order valence-electron chi connectivity index (χ1n) is 8.77. The molecular weight excluding hydrogens is 333 g/mol. The van der Waals surface area contributed by atoms with Crippen LogP contribution in [0, 0.1) is 5.82 Å². The lowest BCUT2D eigenvalue weighted by Crippen LogP contribution is -2.41. The zero-order chi connectivity index (χ0) is 17.9. The molecule has 3 heterocycles. The van der Waals surface area contributed by atoms with E-state index in [4.69, 9.17) is 4.74 Å². The molecule has 1 aromatic carbocycles. The predicted octanol–water partition coefficient (Wildman–Crippen LogP) is 3.36. The number of carbonyl (C=O) groups excluding carboxylic acids is 1. The third kappa shape index (κ3) is 3.60. The fraction of sp³-hybridized carbons (Fsp3) is 0.300. The lowest BCUT2D eigenvalue weighted by molar-refractivity contribution is 0.0728. The predicted molar refractivity (Wildman–Crippen MR) is 96.8 cm³/mol. The maximum atomic E-state index is 13.0. The van der Waals surface area contributed by atoms with Gasteiger partial charge >= 0.3 is 0 Å². The smallest absolute Gasteiger partial charge is 0.244 e. The van der Waals surface area contributed by atoms with Crippen LogP contribution < -0.4 is 4.74 Å². The molecule has 6 heteroatoms. The van der Waals surface area contributed by atoms with Crippen molar-refractivity contribution in [2.45, 2.75) is 18.9 Å². The summed E-state index contributed by atoms with van der Waals surface area (Å²) in [6.07, 6.45) is 8.07. The first-order valence-corrected chi connectivity index (χ1v) is 8.77. The van der Waals surface area contributed by atoms with Gasteiger partial charge in [0.1, 0.15) is 17.7 Å². The van der Waals surface area contributed by atoms with Gasteiger partial charge in [-0.05, 0) is 18.9 Å². The van der Waals surface area contributed by atoms with E-state index in [-0.39, 0.29) is 18.6 Å². The van der Waals surface area contributed by atoms with E-state index in [1.807, 2.05) is 30.5 Å². The van der Waals surface area contributed by atoms with Gasteiger partial charge in [-0.15, -0.1) is 0 Å². The Morgan fingerprint density at radius 1 is 1.19 bits per heavy atom. The van der Waals surface area contributed by atoms with Crippen molar-refractivity contribution in [3.63, 3.8) is 0 Å². The molecule has 0 bridgehead atoms. The zero-order valence-corrected chi connectivity index (χ0v) is 14.3. The molecule has 1 aliphatic rings. The van der Waals surface area contributed by atoms with Crippen molar-refractivity contribution in [1.29, 1.82) is 0 Å².